The zero-order valence-corrected chi connectivity index (χ0v) is 10.9. The number of hydrogen-bond acceptors (Lipinski definition) is 2. The second kappa shape index (κ2) is 5.81. The van der Waals surface area contributed by atoms with Crippen molar-refractivity contribution < 1.29 is 13.6 Å². The molecule has 2 rings (SSSR count). The average molecular weight is 292 g/mol. The predicted molar refractivity (Wildman–Crippen MR) is 70.5 cm³/mol. The maximum absolute atomic E-state index is 13.6. The van der Waals surface area contributed by atoms with Gasteiger partial charge in [0.1, 0.15) is 17.6 Å². The first-order valence-electron chi connectivity index (χ1n) is 5.67. The van der Waals surface area contributed by atoms with Gasteiger partial charge in [0.2, 0.25) is 0 Å². The minimum absolute atomic E-state index is 0.341. The first kappa shape index (κ1) is 14.2. The van der Waals surface area contributed by atoms with Crippen molar-refractivity contribution in [2.24, 2.45) is 0 Å². The Kier molecular flexibility index (Phi) is 4.11. The van der Waals surface area contributed by atoms with E-state index in [2.05, 4.69) is 0 Å². The van der Waals surface area contributed by atoms with Crippen LogP contribution in [0.5, 0.6) is 0 Å². The van der Waals surface area contributed by atoms with E-state index in [0.717, 1.165) is 18.2 Å². The van der Waals surface area contributed by atoms with Gasteiger partial charge in [0.25, 0.3) is 0 Å². The SMILES string of the molecule is N#CC(C(=O)c1cc(F)ccc1F)c1cccc(Cl)c1. The molecule has 0 saturated carbocycles. The fraction of sp³-hybridized carbons (Fsp3) is 0.0667. The number of nitrogens with zero attached hydrogens (tertiary/aromatic N) is 1. The molecule has 5 heteroatoms. The molecule has 0 heterocycles. The highest BCUT2D eigenvalue weighted by atomic mass is 35.5. The Balaban J connectivity index is 2.45. The topological polar surface area (TPSA) is 40.9 Å². The van der Waals surface area contributed by atoms with Gasteiger partial charge in [0.05, 0.1) is 11.6 Å². The number of nitriles is 1. The van der Waals surface area contributed by atoms with Crippen LogP contribution in [0, 0.1) is 23.0 Å². The third-order valence-electron chi connectivity index (χ3n) is 2.77. The van der Waals surface area contributed by atoms with Crippen LogP contribution in [0.2, 0.25) is 5.02 Å². The third-order valence-corrected chi connectivity index (χ3v) is 3.00. The first-order valence-corrected chi connectivity index (χ1v) is 6.05. The zero-order valence-electron chi connectivity index (χ0n) is 10.1. The van der Waals surface area contributed by atoms with Gasteiger partial charge in [-0.15, -0.1) is 0 Å². The van der Waals surface area contributed by atoms with Gasteiger partial charge in [-0.2, -0.15) is 5.26 Å². The molecule has 100 valence electrons. The molecule has 0 aliphatic heterocycles. The molecule has 0 fully saturated rings. The van der Waals surface area contributed by atoms with E-state index in [1.165, 1.54) is 12.1 Å². The van der Waals surface area contributed by atoms with E-state index in [1.807, 2.05) is 0 Å². The van der Waals surface area contributed by atoms with E-state index < -0.39 is 28.9 Å². The van der Waals surface area contributed by atoms with Gasteiger partial charge < -0.3 is 0 Å². The second-order valence-corrected chi connectivity index (χ2v) is 4.54. The smallest absolute Gasteiger partial charge is 0.187 e. The molecule has 0 aliphatic carbocycles. The number of carbonyl (C=O) groups excluding carboxylic acids is 1. The van der Waals surface area contributed by atoms with Gasteiger partial charge in [0.15, 0.2) is 5.78 Å². The quantitative estimate of drug-likeness (QED) is 0.799. The Hall–Kier alpha value is -2.25. The highest BCUT2D eigenvalue weighted by Crippen LogP contribution is 2.24. The number of carbonyl (C=O) groups is 1. The second-order valence-electron chi connectivity index (χ2n) is 4.11. The van der Waals surface area contributed by atoms with Crippen LogP contribution in [0.25, 0.3) is 0 Å². The van der Waals surface area contributed by atoms with Crippen molar-refractivity contribution in [3.05, 3.63) is 70.2 Å². The summed E-state index contributed by atoms with van der Waals surface area (Å²) in [7, 11) is 0. The van der Waals surface area contributed by atoms with Gasteiger partial charge in [-0.05, 0) is 35.9 Å². The van der Waals surface area contributed by atoms with E-state index in [1.54, 1.807) is 18.2 Å². The van der Waals surface area contributed by atoms with Crippen molar-refractivity contribution in [1.29, 1.82) is 5.26 Å². The molecule has 0 aliphatic rings. The summed E-state index contributed by atoms with van der Waals surface area (Å²) in [5, 5.41) is 9.49. The van der Waals surface area contributed by atoms with E-state index in [4.69, 9.17) is 16.9 Å². The van der Waals surface area contributed by atoms with Crippen LogP contribution >= 0.6 is 11.6 Å². The highest BCUT2D eigenvalue weighted by molar-refractivity contribution is 6.30. The lowest BCUT2D eigenvalue weighted by Crippen LogP contribution is -2.13. The van der Waals surface area contributed by atoms with Crippen molar-refractivity contribution in [2.75, 3.05) is 0 Å². The Morgan fingerprint density at radius 1 is 1.20 bits per heavy atom. The number of ketones is 1. The standard InChI is InChI=1S/C15H8ClF2NO/c16-10-3-1-2-9(6-10)13(8-19)15(20)12-7-11(17)4-5-14(12)18/h1-7,13H. The highest BCUT2D eigenvalue weighted by Gasteiger charge is 2.24. The summed E-state index contributed by atoms with van der Waals surface area (Å²) >= 11 is 5.80. The number of halogens is 3. The summed E-state index contributed by atoms with van der Waals surface area (Å²) in [5.41, 5.74) is -0.106. The van der Waals surface area contributed by atoms with Crippen LogP contribution in [0.1, 0.15) is 21.8 Å². The van der Waals surface area contributed by atoms with Crippen LogP contribution in [0.3, 0.4) is 0 Å². The molecule has 0 aromatic heterocycles. The van der Waals surface area contributed by atoms with Crippen LogP contribution < -0.4 is 0 Å². The van der Waals surface area contributed by atoms with Gasteiger partial charge >= 0.3 is 0 Å². The maximum Gasteiger partial charge on any atom is 0.187 e. The third kappa shape index (κ3) is 2.84. The molecular formula is C15H8ClF2NO. The molecule has 20 heavy (non-hydrogen) atoms. The van der Waals surface area contributed by atoms with Crippen molar-refractivity contribution in [3.8, 4) is 6.07 Å². The number of rotatable bonds is 3. The molecule has 1 atom stereocenters. The Bertz CT molecular complexity index is 709. The van der Waals surface area contributed by atoms with Gasteiger partial charge in [0, 0.05) is 5.02 Å². The van der Waals surface area contributed by atoms with Crippen LogP contribution in [-0.4, -0.2) is 5.78 Å². The van der Waals surface area contributed by atoms with Crippen LogP contribution in [-0.2, 0) is 0 Å². The average Bonchev–Trinajstić information content (AvgIpc) is 2.42. The molecular weight excluding hydrogens is 284 g/mol. The summed E-state index contributed by atoms with van der Waals surface area (Å²) in [4.78, 5) is 12.2. The summed E-state index contributed by atoms with van der Waals surface area (Å²) in [5.74, 6) is -3.63. The van der Waals surface area contributed by atoms with Crippen molar-refractivity contribution in [2.45, 2.75) is 5.92 Å². The number of hydrogen-bond donors (Lipinski definition) is 0. The Morgan fingerprint density at radius 3 is 2.60 bits per heavy atom. The molecule has 2 nitrogen and oxygen atoms in total. The fourth-order valence-electron chi connectivity index (χ4n) is 1.81. The summed E-state index contributed by atoms with van der Waals surface area (Å²) in [6.45, 7) is 0. The summed E-state index contributed by atoms with van der Waals surface area (Å²) < 4.78 is 26.7. The zero-order chi connectivity index (χ0) is 14.7. The van der Waals surface area contributed by atoms with E-state index in [9.17, 15) is 13.6 Å². The molecule has 0 N–H and O–H groups in total. The Morgan fingerprint density at radius 2 is 1.95 bits per heavy atom. The monoisotopic (exact) mass is 291 g/mol. The van der Waals surface area contributed by atoms with E-state index in [-0.39, 0.29) is 0 Å². The minimum atomic E-state index is -1.23. The molecule has 0 saturated heterocycles. The van der Waals surface area contributed by atoms with Crippen molar-refractivity contribution in [3.63, 3.8) is 0 Å². The van der Waals surface area contributed by atoms with Gasteiger partial charge in [-0.25, -0.2) is 8.78 Å². The van der Waals surface area contributed by atoms with Crippen LogP contribution in [0.4, 0.5) is 8.78 Å². The van der Waals surface area contributed by atoms with Gasteiger partial charge in [-0.3, -0.25) is 4.79 Å². The summed E-state index contributed by atoms with van der Waals surface area (Å²) in [6, 6.07) is 10.5. The summed E-state index contributed by atoms with van der Waals surface area (Å²) in [6.07, 6.45) is 0. The van der Waals surface area contributed by atoms with E-state index >= 15 is 0 Å². The molecule has 2 aromatic rings. The first-order chi connectivity index (χ1) is 9.52. The van der Waals surface area contributed by atoms with Crippen LogP contribution in [0.15, 0.2) is 42.5 Å². The molecule has 1 unspecified atom stereocenters. The lowest BCUT2D eigenvalue weighted by atomic mass is 9.91. The Labute approximate surface area is 119 Å². The lowest BCUT2D eigenvalue weighted by molar-refractivity contribution is 0.0974. The predicted octanol–water partition coefficient (Wildman–Crippen LogP) is 4.11. The molecule has 0 spiro atoms. The van der Waals surface area contributed by atoms with Crippen molar-refractivity contribution in [1.82, 2.24) is 0 Å². The van der Waals surface area contributed by atoms with E-state index in [0.29, 0.717) is 10.6 Å². The van der Waals surface area contributed by atoms with Gasteiger partial charge in [-0.1, -0.05) is 23.7 Å². The number of Topliss-reactive ketones (excluding diaryl/α,β-unsaturated/α-hetero) is 1. The fourth-order valence-corrected chi connectivity index (χ4v) is 2.01. The maximum atomic E-state index is 13.6. The largest absolute Gasteiger partial charge is 0.292 e. The molecule has 0 bridgehead atoms. The lowest BCUT2D eigenvalue weighted by Gasteiger charge is -2.09. The molecule has 0 amide bonds. The molecule has 0 radical (unpaired) electrons. The van der Waals surface area contributed by atoms with Crippen molar-refractivity contribution >= 4 is 17.4 Å². The number of benzene rings is 2. The minimum Gasteiger partial charge on any atom is -0.292 e. The normalized spacial score (nSPS) is 11.7. The molecule has 2 aromatic carbocycles.